The van der Waals surface area contributed by atoms with E-state index in [1.165, 1.54) is 18.1 Å². The molecule has 4 heteroatoms. The van der Waals surface area contributed by atoms with Gasteiger partial charge in [-0.25, -0.2) is 0 Å². The van der Waals surface area contributed by atoms with Gasteiger partial charge in [-0.15, -0.1) is 6.58 Å². The third kappa shape index (κ3) is 4.42. The summed E-state index contributed by atoms with van der Waals surface area (Å²) < 4.78 is 16.0. The smallest absolute Gasteiger partial charge is 0.302 e. The van der Waals surface area contributed by atoms with E-state index in [1.54, 1.807) is 7.11 Å². The van der Waals surface area contributed by atoms with E-state index in [2.05, 4.69) is 27.4 Å². The summed E-state index contributed by atoms with van der Waals surface area (Å²) in [7, 11) is 1.61. The van der Waals surface area contributed by atoms with Crippen molar-refractivity contribution in [3.63, 3.8) is 0 Å². The molecule has 0 spiro atoms. The van der Waals surface area contributed by atoms with Gasteiger partial charge in [-0.1, -0.05) is 25.5 Å². The highest BCUT2D eigenvalue weighted by molar-refractivity contribution is 5.66. The van der Waals surface area contributed by atoms with Crippen molar-refractivity contribution in [2.45, 2.75) is 46.6 Å². The molecule has 0 aromatic heterocycles. The molecule has 1 aliphatic rings. The highest BCUT2D eigenvalue weighted by Crippen LogP contribution is 2.47. The molecule has 0 N–H and O–H groups in total. The SMILES string of the molecule is C=CC(OCOC)C1CCC(C)=C(COC(C)=O)C1(C)C. The minimum Gasteiger partial charge on any atom is -0.461 e. The second kappa shape index (κ2) is 7.76. The third-order valence-corrected chi connectivity index (χ3v) is 4.48. The minimum atomic E-state index is -0.246. The molecule has 1 aliphatic carbocycles. The molecule has 0 saturated heterocycles. The zero-order valence-corrected chi connectivity index (χ0v) is 13.9. The first kappa shape index (κ1) is 17.9. The monoisotopic (exact) mass is 296 g/mol. The summed E-state index contributed by atoms with van der Waals surface area (Å²) in [6.45, 7) is 12.4. The molecule has 0 bridgehead atoms. The minimum absolute atomic E-state index is 0.0691. The van der Waals surface area contributed by atoms with E-state index in [4.69, 9.17) is 14.2 Å². The number of allylic oxidation sites excluding steroid dienone is 1. The van der Waals surface area contributed by atoms with Gasteiger partial charge in [0.15, 0.2) is 0 Å². The second-order valence-electron chi connectivity index (χ2n) is 6.18. The molecule has 0 saturated carbocycles. The Kier molecular flexibility index (Phi) is 6.62. The number of carbonyl (C=O) groups is 1. The highest BCUT2D eigenvalue weighted by atomic mass is 16.7. The summed E-state index contributed by atoms with van der Waals surface area (Å²) in [5.74, 6) is 0.0449. The highest BCUT2D eigenvalue weighted by Gasteiger charge is 2.41. The molecule has 0 aromatic carbocycles. The van der Waals surface area contributed by atoms with E-state index in [-0.39, 0.29) is 24.3 Å². The molecule has 1 rings (SSSR count). The Bertz CT molecular complexity index is 409. The van der Waals surface area contributed by atoms with Crippen LogP contribution >= 0.6 is 0 Å². The molecular weight excluding hydrogens is 268 g/mol. The molecule has 0 heterocycles. The molecule has 0 amide bonds. The number of methoxy groups -OCH3 is 1. The lowest BCUT2D eigenvalue weighted by Crippen LogP contribution is -2.40. The van der Waals surface area contributed by atoms with Crippen LogP contribution in [0.2, 0.25) is 0 Å². The van der Waals surface area contributed by atoms with Crippen molar-refractivity contribution < 1.29 is 19.0 Å². The largest absolute Gasteiger partial charge is 0.461 e. The lowest BCUT2D eigenvalue weighted by molar-refractivity contribution is -0.140. The fourth-order valence-electron chi connectivity index (χ4n) is 3.21. The average Bonchev–Trinajstić information content (AvgIpc) is 2.40. The maximum absolute atomic E-state index is 11.1. The lowest BCUT2D eigenvalue weighted by Gasteiger charge is -2.44. The number of rotatable bonds is 7. The van der Waals surface area contributed by atoms with Gasteiger partial charge in [-0.3, -0.25) is 4.79 Å². The summed E-state index contributed by atoms with van der Waals surface area (Å²) in [4.78, 5) is 11.1. The molecule has 2 unspecified atom stereocenters. The van der Waals surface area contributed by atoms with E-state index in [9.17, 15) is 4.79 Å². The maximum Gasteiger partial charge on any atom is 0.302 e. The summed E-state index contributed by atoms with van der Waals surface area (Å²) in [5.41, 5.74) is 2.40. The van der Waals surface area contributed by atoms with E-state index in [0.717, 1.165) is 12.8 Å². The molecule has 0 radical (unpaired) electrons. The molecular formula is C17H28O4. The van der Waals surface area contributed by atoms with E-state index < -0.39 is 0 Å². The fraction of sp³-hybridized carbons (Fsp3) is 0.706. The van der Waals surface area contributed by atoms with Crippen LogP contribution in [-0.2, 0) is 19.0 Å². The molecule has 0 aliphatic heterocycles. The van der Waals surface area contributed by atoms with Crippen molar-refractivity contribution in [3.8, 4) is 0 Å². The normalized spacial score (nSPS) is 22.8. The van der Waals surface area contributed by atoms with Gasteiger partial charge in [0.05, 0.1) is 6.10 Å². The van der Waals surface area contributed by atoms with Crippen LogP contribution in [0.15, 0.2) is 23.8 Å². The predicted octanol–water partition coefficient (Wildman–Crippen LogP) is 3.48. The third-order valence-electron chi connectivity index (χ3n) is 4.48. The van der Waals surface area contributed by atoms with Crippen molar-refractivity contribution >= 4 is 5.97 Å². The van der Waals surface area contributed by atoms with Crippen molar-refractivity contribution in [2.24, 2.45) is 11.3 Å². The van der Waals surface area contributed by atoms with Gasteiger partial charge in [-0.05, 0) is 36.7 Å². The Labute approximate surface area is 128 Å². The van der Waals surface area contributed by atoms with Gasteiger partial charge in [0.2, 0.25) is 0 Å². The first-order valence-corrected chi connectivity index (χ1v) is 7.40. The van der Waals surface area contributed by atoms with Crippen LogP contribution < -0.4 is 0 Å². The number of ether oxygens (including phenoxy) is 3. The molecule has 120 valence electrons. The standard InChI is InChI=1S/C17H28O4/c1-7-16(21-11-19-6)14-9-8-12(2)15(17(14,4)5)10-20-13(3)18/h7,14,16H,1,8-11H2,2-6H3. The Hall–Kier alpha value is -1.13. The van der Waals surface area contributed by atoms with Crippen LogP contribution in [0.5, 0.6) is 0 Å². The number of esters is 1. The Balaban J connectivity index is 2.94. The van der Waals surface area contributed by atoms with Crippen molar-refractivity contribution in [1.29, 1.82) is 0 Å². The molecule has 2 atom stereocenters. The molecule has 4 nitrogen and oxygen atoms in total. The topological polar surface area (TPSA) is 44.8 Å². The van der Waals surface area contributed by atoms with Crippen LogP contribution in [-0.4, -0.2) is 32.6 Å². The summed E-state index contributed by atoms with van der Waals surface area (Å²) in [6.07, 6.45) is 3.80. The summed E-state index contributed by atoms with van der Waals surface area (Å²) >= 11 is 0. The fourth-order valence-corrected chi connectivity index (χ4v) is 3.21. The Morgan fingerprint density at radius 1 is 1.52 bits per heavy atom. The number of hydrogen-bond donors (Lipinski definition) is 0. The van der Waals surface area contributed by atoms with Crippen LogP contribution in [0.3, 0.4) is 0 Å². The Morgan fingerprint density at radius 3 is 2.71 bits per heavy atom. The van der Waals surface area contributed by atoms with Gasteiger partial charge in [0, 0.05) is 14.0 Å². The number of hydrogen-bond acceptors (Lipinski definition) is 4. The van der Waals surface area contributed by atoms with Crippen molar-refractivity contribution in [2.75, 3.05) is 20.5 Å². The van der Waals surface area contributed by atoms with Crippen molar-refractivity contribution in [1.82, 2.24) is 0 Å². The molecule has 0 aromatic rings. The van der Waals surface area contributed by atoms with Crippen LogP contribution in [0, 0.1) is 11.3 Å². The van der Waals surface area contributed by atoms with Gasteiger partial charge in [0.25, 0.3) is 0 Å². The predicted molar refractivity (Wildman–Crippen MR) is 82.8 cm³/mol. The summed E-state index contributed by atoms with van der Waals surface area (Å²) in [5, 5.41) is 0. The first-order chi connectivity index (χ1) is 9.84. The molecule has 0 fully saturated rings. The zero-order valence-electron chi connectivity index (χ0n) is 13.9. The quantitative estimate of drug-likeness (QED) is 0.410. The average molecular weight is 296 g/mol. The first-order valence-electron chi connectivity index (χ1n) is 7.40. The summed E-state index contributed by atoms with van der Waals surface area (Å²) in [6, 6.07) is 0. The van der Waals surface area contributed by atoms with Crippen LogP contribution in [0.25, 0.3) is 0 Å². The van der Waals surface area contributed by atoms with Crippen molar-refractivity contribution in [3.05, 3.63) is 23.8 Å². The number of carbonyl (C=O) groups excluding carboxylic acids is 1. The lowest BCUT2D eigenvalue weighted by atomic mass is 9.63. The van der Waals surface area contributed by atoms with E-state index in [1.807, 2.05) is 6.08 Å². The molecule has 21 heavy (non-hydrogen) atoms. The maximum atomic E-state index is 11.1. The van der Waals surface area contributed by atoms with Gasteiger partial charge in [0.1, 0.15) is 13.4 Å². The van der Waals surface area contributed by atoms with E-state index in [0.29, 0.717) is 12.5 Å². The van der Waals surface area contributed by atoms with Gasteiger partial charge < -0.3 is 14.2 Å². The Morgan fingerprint density at radius 2 is 2.19 bits per heavy atom. The van der Waals surface area contributed by atoms with E-state index >= 15 is 0 Å². The van der Waals surface area contributed by atoms with Gasteiger partial charge in [-0.2, -0.15) is 0 Å². The van der Waals surface area contributed by atoms with Crippen LogP contribution in [0.1, 0.15) is 40.5 Å². The zero-order chi connectivity index (χ0) is 16.0. The second-order valence-corrected chi connectivity index (χ2v) is 6.18. The van der Waals surface area contributed by atoms with Gasteiger partial charge >= 0.3 is 5.97 Å². The van der Waals surface area contributed by atoms with Crippen LogP contribution in [0.4, 0.5) is 0 Å².